The minimum absolute atomic E-state index is 0.0407. The van der Waals surface area contributed by atoms with E-state index in [0.717, 1.165) is 58.1 Å². The van der Waals surface area contributed by atoms with Crippen LogP contribution < -0.4 is 5.32 Å². The van der Waals surface area contributed by atoms with Gasteiger partial charge in [0.15, 0.2) is 11.8 Å². The lowest BCUT2D eigenvalue weighted by Crippen LogP contribution is -2.57. The molecule has 1 unspecified atom stereocenters. The summed E-state index contributed by atoms with van der Waals surface area (Å²) in [4.78, 5) is 27.7. The predicted molar refractivity (Wildman–Crippen MR) is 103 cm³/mol. The quantitative estimate of drug-likeness (QED) is 0.576. The van der Waals surface area contributed by atoms with Crippen LogP contribution in [0.25, 0.3) is 0 Å². The van der Waals surface area contributed by atoms with Crippen molar-refractivity contribution in [1.29, 1.82) is 0 Å². The summed E-state index contributed by atoms with van der Waals surface area (Å²) in [5.74, 6) is 2.44. The Morgan fingerprint density at radius 2 is 1.89 bits per heavy atom. The number of carbonyl (C=O) groups excluding carboxylic acids is 1. The van der Waals surface area contributed by atoms with Crippen molar-refractivity contribution in [3.05, 3.63) is 11.7 Å². The number of likely N-dealkylation sites (tertiary alicyclic amines) is 1. The standard InChI is InChI=1S/C18H31N7O2/c1-14(17(26)24-8-4-5-9-24)23-10-12-25(13-11-23)18(19-3)20-7-6-16-21-15(2)22-27-16/h14H,4-13H2,1-3H3,(H,19,20). The van der Waals surface area contributed by atoms with E-state index in [4.69, 9.17) is 4.52 Å². The molecule has 1 amide bonds. The fourth-order valence-corrected chi connectivity index (χ4v) is 3.73. The highest BCUT2D eigenvalue weighted by molar-refractivity contribution is 5.82. The van der Waals surface area contributed by atoms with Crippen LogP contribution in [0.2, 0.25) is 0 Å². The van der Waals surface area contributed by atoms with Crippen molar-refractivity contribution in [3.8, 4) is 0 Å². The van der Waals surface area contributed by atoms with Gasteiger partial charge in [-0.2, -0.15) is 4.98 Å². The zero-order chi connectivity index (χ0) is 19.2. The summed E-state index contributed by atoms with van der Waals surface area (Å²) in [5.41, 5.74) is 0. The fraction of sp³-hybridized carbons (Fsp3) is 0.778. The van der Waals surface area contributed by atoms with Crippen molar-refractivity contribution in [2.75, 3.05) is 52.9 Å². The number of aryl methyl sites for hydroxylation is 1. The van der Waals surface area contributed by atoms with E-state index in [1.54, 1.807) is 7.05 Å². The number of nitrogens with one attached hydrogen (secondary N) is 1. The molecule has 0 aliphatic carbocycles. The van der Waals surface area contributed by atoms with E-state index >= 15 is 0 Å². The van der Waals surface area contributed by atoms with E-state index in [-0.39, 0.29) is 11.9 Å². The number of guanidine groups is 1. The zero-order valence-electron chi connectivity index (χ0n) is 16.6. The van der Waals surface area contributed by atoms with E-state index in [1.807, 2.05) is 18.7 Å². The summed E-state index contributed by atoms with van der Waals surface area (Å²) >= 11 is 0. The lowest BCUT2D eigenvalue weighted by molar-refractivity contribution is -0.135. The Morgan fingerprint density at radius 3 is 2.48 bits per heavy atom. The molecule has 0 radical (unpaired) electrons. The Hall–Kier alpha value is -2.16. The summed E-state index contributed by atoms with van der Waals surface area (Å²) in [5, 5.41) is 7.16. The molecule has 2 aliphatic rings. The van der Waals surface area contributed by atoms with E-state index in [2.05, 4.69) is 30.2 Å². The van der Waals surface area contributed by atoms with E-state index in [1.165, 1.54) is 0 Å². The van der Waals surface area contributed by atoms with Gasteiger partial charge in [0.2, 0.25) is 11.8 Å². The Kier molecular flexibility index (Phi) is 6.65. The molecule has 2 saturated heterocycles. The molecule has 0 aromatic carbocycles. The second-order valence-electron chi connectivity index (χ2n) is 7.19. The highest BCUT2D eigenvalue weighted by atomic mass is 16.5. The summed E-state index contributed by atoms with van der Waals surface area (Å²) in [6.07, 6.45) is 2.94. The van der Waals surface area contributed by atoms with Crippen LogP contribution in [0, 0.1) is 6.92 Å². The summed E-state index contributed by atoms with van der Waals surface area (Å²) in [6.45, 7) is 9.82. The van der Waals surface area contributed by atoms with Gasteiger partial charge in [-0.25, -0.2) is 0 Å². The lowest BCUT2D eigenvalue weighted by atomic mass is 10.2. The van der Waals surface area contributed by atoms with Gasteiger partial charge in [-0.05, 0) is 26.7 Å². The molecule has 1 atom stereocenters. The Bertz CT molecular complexity index is 646. The normalized spacial score (nSPS) is 20.2. The largest absolute Gasteiger partial charge is 0.356 e. The van der Waals surface area contributed by atoms with E-state index < -0.39 is 0 Å². The maximum absolute atomic E-state index is 12.6. The molecule has 0 spiro atoms. The first-order chi connectivity index (χ1) is 13.1. The van der Waals surface area contributed by atoms with Gasteiger partial charge in [-0.3, -0.25) is 14.7 Å². The number of carbonyl (C=O) groups is 1. The monoisotopic (exact) mass is 377 g/mol. The van der Waals surface area contributed by atoms with Gasteiger partial charge in [0.05, 0.1) is 6.04 Å². The third-order valence-corrected chi connectivity index (χ3v) is 5.34. The van der Waals surface area contributed by atoms with Gasteiger partial charge < -0.3 is 19.6 Å². The van der Waals surface area contributed by atoms with Crippen molar-refractivity contribution < 1.29 is 9.32 Å². The van der Waals surface area contributed by atoms with Crippen molar-refractivity contribution in [3.63, 3.8) is 0 Å². The summed E-state index contributed by atoms with van der Waals surface area (Å²) < 4.78 is 5.13. The molecule has 0 bridgehead atoms. The predicted octanol–water partition coefficient (Wildman–Crippen LogP) is 0.124. The summed E-state index contributed by atoms with van der Waals surface area (Å²) in [6, 6.07) is -0.0407. The van der Waals surface area contributed by atoms with Gasteiger partial charge in [-0.15, -0.1) is 0 Å². The number of aromatic nitrogens is 2. The minimum atomic E-state index is -0.0407. The molecule has 150 valence electrons. The molecule has 9 nitrogen and oxygen atoms in total. The van der Waals surface area contributed by atoms with Crippen LogP contribution in [-0.4, -0.2) is 95.6 Å². The molecule has 1 aromatic rings. The van der Waals surface area contributed by atoms with Gasteiger partial charge in [0.1, 0.15) is 0 Å². The van der Waals surface area contributed by atoms with Crippen molar-refractivity contribution >= 4 is 11.9 Å². The smallest absolute Gasteiger partial charge is 0.239 e. The minimum Gasteiger partial charge on any atom is -0.356 e. The Morgan fingerprint density at radius 1 is 1.19 bits per heavy atom. The zero-order valence-corrected chi connectivity index (χ0v) is 16.6. The molecular weight excluding hydrogens is 346 g/mol. The summed E-state index contributed by atoms with van der Waals surface area (Å²) in [7, 11) is 1.80. The van der Waals surface area contributed by atoms with Crippen LogP contribution in [0.1, 0.15) is 31.5 Å². The third kappa shape index (κ3) is 4.97. The molecule has 2 fully saturated rings. The molecule has 3 heterocycles. The maximum Gasteiger partial charge on any atom is 0.239 e. The highest BCUT2D eigenvalue weighted by Crippen LogP contribution is 2.14. The molecule has 1 aromatic heterocycles. The topological polar surface area (TPSA) is 90.1 Å². The molecule has 27 heavy (non-hydrogen) atoms. The van der Waals surface area contributed by atoms with Crippen molar-refractivity contribution in [2.45, 2.75) is 39.2 Å². The van der Waals surface area contributed by atoms with Crippen LogP contribution >= 0.6 is 0 Å². The van der Waals surface area contributed by atoms with Crippen LogP contribution in [0.5, 0.6) is 0 Å². The Labute approximate surface area is 160 Å². The average Bonchev–Trinajstić information content (AvgIpc) is 3.36. The molecule has 2 aliphatic heterocycles. The van der Waals surface area contributed by atoms with Crippen LogP contribution in [0.15, 0.2) is 9.52 Å². The second kappa shape index (κ2) is 9.16. The van der Waals surface area contributed by atoms with Gasteiger partial charge in [-0.1, -0.05) is 5.16 Å². The number of nitrogens with zero attached hydrogens (tertiary/aromatic N) is 6. The number of rotatable bonds is 5. The van der Waals surface area contributed by atoms with E-state index in [9.17, 15) is 4.79 Å². The van der Waals surface area contributed by atoms with Gasteiger partial charge in [0, 0.05) is 59.3 Å². The SMILES string of the molecule is CN=C(NCCc1nc(C)no1)N1CCN(C(C)C(=O)N2CCCC2)CC1. The molecule has 3 rings (SSSR count). The fourth-order valence-electron chi connectivity index (χ4n) is 3.73. The highest BCUT2D eigenvalue weighted by Gasteiger charge is 2.30. The first-order valence-corrected chi connectivity index (χ1v) is 9.86. The molecule has 1 N–H and O–H groups in total. The van der Waals surface area contributed by atoms with Crippen LogP contribution in [0.4, 0.5) is 0 Å². The first kappa shape index (κ1) is 19.6. The van der Waals surface area contributed by atoms with Crippen LogP contribution in [0.3, 0.4) is 0 Å². The average molecular weight is 377 g/mol. The second-order valence-corrected chi connectivity index (χ2v) is 7.19. The van der Waals surface area contributed by atoms with E-state index in [0.29, 0.717) is 24.7 Å². The van der Waals surface area contributed by atoms with Crippen molar-refractivity contribution in [2.24, 2.45) is 4.99 Å². The number of hydrogen-bond acceptors (Lipinski definition) is 6. The number of amides is 1. The molecule has 9 heteroatoms. The number of aliphatic imine (C=N–C) groups is 1. The van der Waals surface area contributed by atoms with Gasteiger partial charge in [0.25, 0.3) is 0 Å². The molecular formula is C18H31N7O2. The Balaban J connectivity index is 1.43. The number of hydrogen-bond donors (Lipinski definition) is 1. The lowest BCUT2D eigenvalue weighted by Gasteiger charge is -2.39. The third-order valence-electron chi connectivity index (χ3n) is 5.34. The first-order valence-electron chi connectivity index (χ1n) is 9.86. The van der Waals surface area contributed by atoms with Crippen molar-refractivity contribution in [1.82, 2.24) is 30.2 Å². The maximum atomic E-state index is 12.6. The van der Waals surface area contributed by atoms with Crippen LogP contribution in [-0.2, 0) is 11.2 Å². The van der Waals surface area contributed by atoms with Gasteiger partial charge >= 0.3 is 0 Å². The molecule has 0 saturated carbocycles. The number of piperazine rings is 1.